The van der Waals surface area contributed by atoms with Crippen molar-refractivity contribution in [1.29, 1.82) is 0 Å². The lowest BCUT2D eigenvalue weighted by molar-refractivity contribution is 0.0997. The molecule has 1 N–H and O–H groups in total. The molecule has 0 spiro atoms. The van der Waals surface area contributed by atoms with Crippen LogP contribution in [0.5, 0.6) is 0 Å². The van der Waals surface area contributed by atoms with Crippen LogP contribution in [0.15, 0.2) is 45.7 Å². The van der Waals surface area contributed by atoms with Crippen molar-refractivity contribution in [3.8, 4) is 0 Å². The summed E-state index contributed by atoms with van der Waals surface area (Å²) in [4.78, 5) is 16.7. The van der Waals surface area contributed by atoms with Gasteiger partial charge in [-0.3, -0.25) is 4.79 Å². The second-order valence-electron chi connectivity index (χ2n) is 5.96. The molecule has 1 aromatic carbocycles. The van der Waals surface area contributed by atoms with Crippen LogP contribution < -0.4 is 9.52 Å². The molecule has 2 heterocycles. The van der Waals surface area contributed by atoms with E-state index >= 15 is 0 Å². The van der Waals surface area contributed by atoms with Crippen LogP contribution in [0.1, 0.15) is 16.8 Å². The molecule has 0 bridgehead atoms. The number of carbonyl (C=O) groups excluding carboxylic acids is 1. The van der Waals surface area contributed by atoms with Gasteiger partial charge in [0.25, 0.3) is 5.91 Å². The van der Waals surface area contributed by atoms with Crippen molar-refractivity contribution in [2.24, 2.45) is 12.0 Å². The summed E-state index contributed by atoms with van der Waals surface area (Å²) in [6, 6.07) is 4.88. The Kier molecular flexibility index (Phi) is 5.15. The number of aromatic nitrogens is 1. The summed E-state index contributed by atoms with van der Waals surface area (Å²) in [6.45, 7) is 0. The van der Waals surface area contributed by atoms with E-state index < -0.39 is 31.8 Å². The Bertz CT molecular complexity index is 1110. The normalized spacial score (nSPS) is 20.3. The van der Waals surface area contributed by atoms with E-state index in [1.54, 1.807) is 23.2 Å². The molecule has 11 heteroatoms. The third kappa shape index (κ3) is 4.29. The molecule has 2 aromatic rings. The van der Waals surface area contributed by atoms with Gasteiger partial charge >= 0.3 is 0 Å². The number of benzene rings is 1. The molecule has 0 unspecified atom stereocenters. The first-order chi connectivity index (χ1) is 12.2. The molecule has 3 rings (SSSR count). The van der Waals surface area contributed by atoms with Gasteiger partial charge in [0.15, 0.2) is 14.6 Å². The highest BCUT2D eigenvalue weighted by molar-refractivity contribution is 7.92. The number of amides is 1. The number of nitrogens with zero attached hydrogens (tertiary/aromatic N) is 2. The van der Waals surface area contributed by atoms with Crippen LogP contribution in [0.2, 0.25) is 0 Å². The fourth-order valence-corrected chi connectivity index (χ4v) is 6.38. The van der Waals surface area contributed by atoms with Gasteiger partial charge in [0.2, 0.25) is 10.0 Å². The minimum atomic E-state index is -3.93. The van der Waals surface area contributed by atoms with Gasteiger partial charge in [-0.05, 0) is 24.6 Å². The maximum Gasteiger partial charge on any atom is 0.279 e. The fourth-order valence-electron chi connectivity index (χ4n) is 2.56. The molecule has 26 heavy (non-hydrogen) atoms. The SMILES string of the molecule is Cn1ccsc1=NC(=O)c1cccc(S(=O)(=O)N[C@H]2CCS(=O)(=O)C2)c1. The molecular formula is C15H17N3O5S3. The lowest BCUT2D eigenvalue weighted by Gasteiger charge is -2.12. The van der Waals surface area contributed by atoms with Crippen molar-refractivity contribution in [2.75, 3.05) is 11.5 Å². The summed E-state index contributed by atoms with van der Waals surface area (Å²) >= 11 is 1.29. The molecule has 1 aliphatic rings. The van der Waals surface area contributed by atoms with E-state index in [9.17, 15) is 21.6 Å². The smallest absolute Gasteiger partial charge is 0.279 e. The lowest BCUT2D eigenvalue weighted by atomic mass is 10.2. The molecule has 0 aliphatic carbocycles. The molecule has 0 radical (unpaired) electrons. The van der Waals surface area contributed by atoms with Gasteiger partial charge in [-0.1, -0.05) is 6.07 Å². The number of sulfonamides is 1. The predicted octanol–water partition coefficient (Wildman–Crippen LogP) is 0.293. The Labute approximate surface area is 155 Å². The highest BCUT2D eigenvalue weighted by Crippen LogP contribution is 2.17. The van der Waals surface area contributed by atoms with Crippen molar-refractivity contribution in [1.82, 2.24) is 9.29 Å². The maximum atomic E-state index is 12.5. The minimum absolute atomic E-state index is 0.0323. The van der Waals surface area contributed by atoms with Crippen molar-refractivity contribution in [3.63, 3.8) is 0 Å². The zero-order chi connectivity index (χ0) is 18.9. The summed E-state index contributed by atoms with van der Waals surface area (Å²) in [5.74, 6) is -0.798. The molecule has 1 aliphatic heterocycles. The van der Waals surface area contributed by atoms with Gasteiger partial charge in [-0.15, -0.1) is 11.3 Å². The van der Waals surface area contributed by atoms with E-state index in [0.29, 0.717) is 4.80 Å². The Balaban J connectivity index is 1.85. The summed E-state index contributed by atoms with van der Waals surface area (Å²) in [5, 5.41) is 1.78. The van der Waals surface area contributed by atoms with Gasteiger partial charge in [0.05, 0.1) is 16.4 Å². The van der Waals surface area contributed by atoms with E-state index in [-0.39, 0.29) is 28.4 Å². The summed E-state index contributed by atoms with van der Waals surface area (Å²) in [7, 11) is -5.38. The molecule has 1 aromatic heterocycles. The molecule has 140 valence electrons. The van der Waals surface area contributed by atoms with Gasteiger partial charge in [0.1, 0.15) is 0 Å². The van der Waals surface area contributed by atoms with E-state index in [0.717, 1.165) is 0 Å². The standard InChI is InChI=1S/C15H17N3O5S3/c1-18-6-7-24-15(18)16-14(19)11-3-2-4-13(9-11)26(22,23)17-12-5-8-25(20,21)10-12/h2-4,6-7,9,12,17H,5,8,10H2,1H3/t12-/m0/s1. The van der Waals surface area contributed by atoms with Crippen LogP contribution in [-0.2, 0) is 26.9 Å². The maximum absolute atomic E-state index is 12.5. The largest absolute Gasteiger partial charge is 0.327 e. The van der Waals surface area contributed by atoms with Gasteiger partial charge in [-0.25, -0.2) is 21.6 Å². The average molecular weight is 416 g/mol. The van der Waals surface area contributed by atoms with Crippen LogP contribution >= 0.6 is 11.3 Å². The molecule has 1 amide bonds. The number of sulfone groups is 1. The molecule has 0 saturated carbocycles. The van der Waals surface area contributed by atoms with E-state index in [1.165, 1.54) is 35.6 Å². The number of aryl methyl sites for hydroxylation is 1. The number of carbonyl (C=O) groups is 1. The van der Waals surface area contributed by atoms with Crippen molar-refractivity contribution in [3.05, 3.63) is 46.2 Å². The lowest BCUT2D eigenvalue weighted by Crippen LogP contribution is -2.35. The van der Waals surface area contributed by atoms with Crippen molar-refractivity contribution >= 4 is 37.1 Å². The highest BCUT2D eigenvalue weighted by Gasteiger charge is 2.31. The van der Waals surface area contributed by atoms with Gasteiger partial charge in [0, 0.05) is 30.2 Å². The quantitative estimate of drug-likeness (QED) is 0.771. The minimum Gasteiger partial charge on any atom is -0.327 e. The summed E-state index contributed by atoms with van der Waals surface area (Å²) in [6.07, 6.45) is 2.00. The van der Waals surface area contributed by atoms with Crippen LogP contribution in [0, 0.1) is 0 Å². The Hall–Kier alpha value is -1.82. The van der Waals surface area contributed by atoms with E-state index in [1.807, 2.05) is 0 Å². The summed E-state index contributed by atoms with van der Waals surface area (Å²) < 4.78 is 52.1. The topological polar surface area (TPSA) is 115 Å². The molecular weight excluding hydrogens is 398 g/mol. The Morgan fingerprint density at radius 1 is 1.38 bits per heavy atom. The third-order valence-electron chi connectivity index (χ3n) is 3.90. The van der Waals surface area contributed by atoms with Gasteiger partial charge in [-0.2, -0.15) is 4.99 Å². The van der Waals surface area contributed by atoms with Crippen LogP contribution in [0.3, 0.4) is 0 Å². The van der Waals surface area contributed by atoms with Crippen molar-refractivity contribution in [2.45, 2.75) is 17.4 Å². The van der Waals surface area contributed by atoms with Gasteiger partial charge < -0.3 is 4.57 Å². The second kappa shape index (κ2) is 7.06. The van der Waals surface area contributed by atoms with E-state index in [4.69, 9.17) is 0 Å². The first-order valence-corrected chi connectivity index (χ1v) is 11.9. The van der Waals surface area contributed by atoms with Crippen LogP contribution in [0.4, 0.5) is 0 Å². The highest BCUT2D eigenvalue weighted by atomic mass is 32.2. The third-order valence-corrected chi connectivity index (χ3v) is 8.04. The summed E-state index contributed by atoms with van der Waals surface area (Å²) in [5.41, 5.74) is 0.139. The zero-order valence-corrected chi connectivity index (χ0v) is 16.3. The molecule has 1 fully saturated rings. The Morgan fingerprint density at radius 3 is 2.77 bits per heavy atom. The average Bonchev–Trinajstić information content (AvgIpc) is 3.12. The fraction of sp³-hybridized carbons (Fsp3) is 0.333. The number of thiazole rings is 1. The van der Waals surface area contributed by atoms with E-state index in [2.05, 4.69) is 9.71 Å². The molecule has 1 atom stereocenters. The molecule has 1 saturated heterocycles. The monoisotopic (exact) mass is 415 g/mol. The Morgan fingerprint density at radius 2 is 2.15 bits per heavy atom. The number of nitrogens with one attached hydrogen (secondary N) is 1. The first-order valence-electron chi connectivity index (χ1n) is 7.68. The number of hydrogen-bond donors (Lipinski definition) is 1. The van der Waals surface area contributed by atoms with Crippen LogP contribution in [-0.4, -0.2) is 44.9 Å². The molecule has 8 nitrogen and oxygen atoms in total. The number of rotatable bonds is 4. The van der Waals surface area contributed by atoms with Crippen molar-refractivity contribution < 1.29 is 21.6 Å². The zero-order valence-electron chi connectivity index (χ0n) is 13.8. The predicted molar refractivity (Wildman–Crippen MR) is 97.0 cm³/mol. The second-order valence-corrected chi connectivity index (χ2v) is 10.8. The number of hydrogen-bond acceptors (Lipinski definition) is 6. The van der Waals surface area contributed by atoms with Crippen LogP contribution in [0.25, 0.3) is 0 Å². The first kappa shape index (κ1) is 19.0.